The number of thioether (sulfide) groups is 1. The maximum absolute atomic E-state index is 13.4. The third-order valence-corrected chi connectivity index (χ3v) is 7.45. The lowest BCUT2D eigenvalue weighted by atomic mass is 10.0. The van der Waals surface area contributed by atoms with Crippen molar-refractivity contribution in [1.29, 1.82) is 0 Å². The Morgan fingerprint density at radius 1 is 0.951 bits per heavy atom. The molecule has 0 saturated carbocycles. The van der Waals surface area contributed by atoms with Crippen LogP contribution < -0.4 is 5.32 Å². The van der Waals surface area contributed by atoms with Crippen molar-refractivity contribution in [1.82, 2.24) is 20.1 Å². The first kappa shape index (κ1) is 27.7. The highest BCUT2D eigenvalue weighted by molar-refractivity contribution is 7.98. The van der Waals surface area contributed by atoms with Gasteiger partial charge < -0.3 is 5.32 Å². The molecule has 10 heteroatoms. The number of nitrogens with zero attached hydrogens (tertiary/aromatic N) is 4. The summed E-state index contributed by atoms with van der Waals surface area (Å²) in [5.41, 5.74) is 3.81. The number of carbonyl (C=O) groups excluding carboxylic acids is 1. The molecule has 0 aliphatic heterocycles. The van der Waals surface area contributed by atoms with Crippen molar-refractivity contribution in [3.63, 3.8) is 0 Å². The van der Waals surface area contributed by atoms with Gasteiger partial charge in [0.1, 0.15) is 5.82 Å². The highest BCUT2D eigenvalue weighted by Gasteiger charge is 2.26. The standard InChI is InChI=1S/C31H26FN5O3S/c1-21-10-16-26(17-11-21)36-29(34-35-31(36)41-20-23-12-14-25(32)15-13-23)28(18-22-6-3-2-4-7-22)33-30(38)24-8-5-9-27(19-24)37(39)40/h2-17,19,28H,18,20H2,1H3,(H,33,38)/t28-/m0/s1. The molecule has 0 aliphatic carbocycles. The minimum Gasteiger partial charge on any atom is -0.342 e. The number of nitrogens with one attached hydrogen (secondary N) is 1. The highest BCUT2D eigenvalue weighted by atomic mass is 32.2. The van der Waals surface area contributed by atoms with Crippen molar-refractivity contribution in [2.24, 2.45) is 0 Å². The molecular formula is C31H26FN5O3S. The van der Waals surface area contributed by atoms with E-state index in [-0.39, 0.29) is 17.1 Å². The van der Waals surface area contributed by atoms with Crippen LogP contribution in [0.3, 0.4) is 0 Å². The zero-order valence-corrected chi connectivity index (χ0v) is 22.9. The van der Waals surface area contributed by atoms with Crippen LogP contribution in [0.4, 0.5) is 10.1 Å². The molecule has 206 valence electrons. The molecule has 5 aromatic rings. The minimum atomic E-state index is -0.613. The topological polar surface area (TPSA) is 103 Å². The van der Waals surface area contributed by atoms with E-state index >= 15 is 0 Å². The smallest absolute Gasteiger partial charge is 0.270 e. The number of hydrogen-bond acceptors (Lipinski definition) is 6. The first-order valence-electron chi connectivity index (χ1n) is 12.9. The van der Waals surface area contributed by atoms with Crippen LogP contribution in [0.2, 0.25) is 0 Å². The van der Waals surface area contributed by atoms with E-state index in [4.69, 9.17) is 0 Å². The SMILES string of the molecule is Cc1ccc(-n2c(SCc3ccc(F)cc3)nnc2[C@H](Cc2ccccc2)NC(=O)c2cccc([N+](=O)[O-])c2)cc1. The van der Waals surface area contributed by atoms with Gasteiger partial charge in [0.15, 0.2) is 11.0 Å². The van der Waals surface area contributed by atoms with Gasteiger partial charge in [-0.15, -0.1) is 10.2 Å². The largest absolute Gasteiger partial charge is 0.342 e. The average Bonchev–Trinajstić information content (AvgIpc) is 3.41. The second kappa shape index (κ2) is 12.6. The van der Waals surface area contributed by atoms with Crippen molar-refractivity contribution in [3.05, 3.63) is 147 Å². The van der Waals surface area contributed by atoms with Crippen LogP contribution >= 0.6 is 11.8 Å². The Kier molecular flexibility index (Phi) is 8.50. The molecule has 1 amide bonds. The summed E-state index contributed by atoms with van der Waals surface area (Å²) in [5, 5.41) is 24.0. The second-order valence-electron chi connectivity index (χ2n) is 9.45. The number of carbonyl (C=O) groups is 1. The van der Waals surface area contributed by atoms with Gasteiger partial charge in [-0.3, -0.25) is 19.5 Å². The van der Waals surface area contributed by atoms with Gasteiger partial charge in [-0.2, -0.15) is 0 Å². The highest BCUT2D eigenvalue weighted by Crippen LogP contribution is 2.29. The zero-order chi connectivity index (χ0) is 28.8. The van der Waals surface area contributed by atoms with E-state index in [1.807, 2.05) is 66.1 Å². The molecule has 1 aromatic heterocycles. The summed E-state index contributed by atoms with van der Waals surface area (Å²) in [4.78, 5) is 24.2. The Labute approximate surface area is 240 Å². The molecule has 0 radical (unpaired) electrons. The first-order chi connectivity index (χ1) is 19.9. The normalized spacial score (nSPS) is 11.7. The van der Waals surface area contributed by atoms with Crippen LogP contribution in [0, 0.1) is 22.9 Å². The number of nitro groups is 1. The van der Waals surface area contributed by atoms with Crippen LogP contribution in [0.25, 0.3) is 5.69 Å². The summed E-state index contributed by atoms with van der Waals surface area (Å²) >= 11 is 1.45. The molecule has 0 bridgehead atoms. The number of hydrogen-bond donors (Lipinski definition) is 1. The number of nitro benzene ring substituents is 1. The summed E-state index contributed by atoms with van der Waals surface area (Å²) in [6.45, 7) is 2.00. The molecule has 41 heavy (non-hydrogen) atoms. The zero-order valence-electron chi connectivity index (χ0n) is 22.1. The van der Waals surface area contributed by atoms with E-state index in [0.717, 1.165) is 22.4 Å². The number of aryl methyl sites for hydroxylation is 1. The number of halogens is 1. The van der Waals surface area contributed by atoms with Gasteiger partial charge >= 0.3 is 0 Å². The number of non-ortho nitro benzene ring substituents is 1. The van der Waals surface area contributed by atoms with Gasteiger partial charge in [-0.05, 0) is 54.8 Å². The Morgan fingerprint density at radius 2 is 1.68 bits per heavy atom. The van der Waals surface area contributed by atoms with Crippen LogP contribution in [-0.4, -0.2) is 25.6 Å². The van der Waals surface area contributed by atoms with E-state index in [0.29, 0.717) is 23.2 Å². The van der Waals surface area contributed by atoms with Crippen molar-refractivity contribution in [2.75, 3.05) is 0 Å². The molecule has 5 rings (SSSR count). The fourth-order valence-corrected chi connectivity index (χ4v) is 5.24. The number of benzene rings is 4. The van der Waals surface area contributed by atoms with E-state index in [9.17, 15) is 19.3 Å². The van der Waals surface area contributed by atoms with E-state index in [2.05, 4.69) is 15.5 Å². The fraction of sp³-hybridized carbons (Fsp3) is 0.129. The van der Waals surface area contributed by atoms with Gasteiger partial charge in [-0.25, -0.2) is 4.39 Å². The summed E-state index contributed by atoms with van der Waals surface area (Å²) in [5.74, 6) is 0.284. The lowest BCUT2D eigenvalue weighted by Crippen LogP contribution is -2.32. The third-order valence-electron chi connectivity index (χ3n) is 6.45. The maximum atomic E-state index is 13.4. The van der Waals surface area contributed by atoms with Gasteiger partial charge in [0, 0.05) is 29.1 Å². The Bertz CT molecular complexity index is 1660. The van der Waals surface area contributed by atoms with Crippen LogP contribution in [0.15, 0.2) is 108 Å². The van der Waals surface area contributed by atoms with E-state index < -0.39 is 16.9 Å². The molecule has 1 N–H and O–H groups in total. The number of aromatic nitrogens is 3. The molecule has 0 saturated heterocycles. The molecule has 0 fully saturated rings. The predicted molar refractivity (Wildman–Crippen MR) is 156 cm³/mol. The summed E-state index contributed by atoms with van der Waals surface area (Å²) < 4.78 is 15.3. The van der Waals surface area contributed by atoms with Gasteiger partial charge in [0.2, 0.25) is 0 Å². The third kappa shape index (κ3) is 6.85. The molecule has 4 aromatic carbocycles. The quantitative estimate of drug-likeness (QED) is 0.115. The maximum Gasteiger partial charge on any atom is 0.270 e. The van der Waals surface area contributed by atoms with Crippen molar-refractivity contribution >= 4 is 23.4 Å². The fourth-order valence-electron chi connectivity index (χ4n) is 4.32. The molecule has 0 unspecified atom stereocenters. The lowest BCUT2D eigenvalue weighted by Gasteiger charge is -2.20. The minimum absolute atomic E-state index is 0.167. The Hall–Kier alpha value is -4.83. The molecule has 1 heterocycles. The summed E-state index contributed by atoms with van der Waals surface area (Å²) in [7, 11) is 0. The second-order valence-corrected chi connectivity index (χ2v) is 10.4. The van der Waals surface area contributed by atoms with Gasteiger partial charge in [0.25, 0.3) is 11.6 Å². The molecule has 8 nitrogen and oxygen atoms in total. The van der Waals surface area contributed by atoms with Crippen LogP contribution in [0.1, 0.15) is 38.9 Å². The molecule has 0 aliphatic rings. The number of amides is 1. The van der Waals surface area contributed by atoms with Crippen molar-refractivity contribution in [3.8, 4) is 5.69 Å². The summed E-state index contributed by atoms with van der Waals surface area (Å²) in [6.07, 6.45) is 0.411. The molecule has 1 atom stereocenters. The average molecular weight is 568 g/mol. The van der Waals surface area contributed by atoms with Crippen molar-refractivity contribution < 1.29 is 14.1 Å². The van der Waals surface area contributed by atoms with E-state index in [1.165, 1.54) is 48.2 Å². The molecular weight excluding hydrogens is 541 g/mol. The Morgan fingerprint density at radius 3 is 2.39 bits per heavy atom. The van der Waals surface area contributed by atoms with Crippen LogP contribution in [-0.2, 0) is 12.2 Å². The van der Waals surface area contributed by atoms with Crippen molar-refractivity contribution in [2.45, 2.75) is 30.3 Å². The predicted octanol–water partition coefficient (Wildman–Crippen LogP) is 6.63. The lowest BCUT2D eigenvalue weighted by molar-refractivity contribution is -0.384. The Balaban J connectivity index is 1.53. The molecule has 0 spiro atoms. The van der Waals surface area contributed by atoms with E-state index in [1.54, 1.807) is 12.1 Å². The van der Waals surface area contributed by atoms with Crippen LogP contribution in [0.5, 0.6) is 0 Å². The monoisotopic (exact) mass is 567 g/mol. The first-order valence-corrected chi connectivity index (χ1v) is 13.8. The number of rotatable bonds is 10. The summed E-state index contributed by atoms with van der Waals surface area (Å²) in [6, 6.07) is 28.9. The van der Waals surface area contributed by atoms with Gasteiger partial charge in [-0.1, -0.05) is 78.0 Å². The van der Waals surface area contributed by atoms with Gasteiger partial charge in [0.05, 0.1) is 11.0 Å².